The number of nitrogens with one attached hydrogen (secondary N) is 1. The van der Waals surface area contributed by atoms with Crippen LogP contribution in [0.3, 0.4) is 0 Å². The summed E-state index contributed by atoms with van der Waals surface area (Å²) in [5.74, 6) is -0.00276. The Morgan fingerprint density at radius 1 is 1.38 bits per heavy atom. The van der Waals surface area contributed by atoms with Gasteiger partial charge in [-0.25, -0.2) is 4.39 Å². The summed E-state index contributed by atoms with van der Waals surface area (Å²) >= 11 is 0. The number of hydrogen-bond donors (Lipinski definition) is 1. The highest BCUT2D eigenvalue weighted by atomic mass is 19.1. The number of halogens is 1. The molecule has 1 heterocycles. The molecule has 1 aromatic carbocycles. The number of nitrogens with zero attached hydrogens (tertiary/aromatic N) is 1. The number of rotatable bonds is 6. The number of ketones is 1. The van der Waals surface area contributed by atoms with E-state index in [1.54, 1.807) is 0 Å². The maximum absolute atomic E-state index is 13.4. The van der Waals surface area contributed by atoms with Crippen molar-refractivity contribution in [2.45, 2.75) is 26.4 Å². The fourth-order valence-electron chi connectivity index (χ4n) is 2.41. The zero-order valence-corrected chi connectivity index (χ0v) is 12.7. The van der Waals surface area contributed by atoms with E-state index in [1.165, 1.54) is 18.2 Å². The Labute approximate surface area is 125 Å². The summed E-state index contributed by atoms with van der Waals surface area (Å²) in [7, 11) is 0. The lowest BCUT2D eigenvalue weighted by atomic mass is 10.1. The van der Waals surface area contributed by atoms with E-state index in [-0.39, 0.29) is 11.9 Å². The van der Waals surface area contributed by atoms with Crippen LogP contribution in [0.4, 0.5) is 4.39 Å². The standard InChI is InChI=1S/C16H23FN2O2/c1-12(2)21-16-4-3-13(17)11-14(16)15(20)5-8-19-9-6-18-7-10-19/h3-4,11-12,18H,5-10H2,1-2H3. The Morgan fingerprint density at radius 3 is 2.76 bits per heavy atom. The van der Waals surface area contributed by atoms with Crippen molar-refractivity contribution in [2.75, 3.05) is 32.7 Å². The van der Waals surface area contributed by atoms with Crippen molar-refractivity contribution < 1.29 is 13.9 Å². The maximum Gasteiger partial charge on any atom is 0.167 e. The first-order valence-electron chi connectivity index (χ1n) is 7.49. The third-order valence-electron chi connectivity index (χ3n) is 3.47. The lowest BCUT2D eigenvalue weighted by molar-refractivity contribution is 0.0954. The van der Waals surface area contributed by atoms with Crippen LogP contribution in [0.25, 0.3) is 0 Å². The quantitative estimate of drug-likeness (QED) is 0.816. The SMILES string of the molecule is CC(C)Oc1ccc(F)cc1C(=O)CCN1CCNCC1. The van der Waals surface area contributed by atoms with Gasteiger partial charge in [-0.2, -0.15) is 0 Å². The lowest BCUT2D eigenvalue weighted by Crippen LogP contribution is -2.44. The van der Waals surface area contributed by atoms with Crippen LogP contribution in [0.1, 0.15) is 30.6 Å². The molecule has 0 aliphatic carbocycles. The van der Waals surface area contributed by atoms with Crippen LogP contribution >= 0.6 is 0 Å². The molecule has 1 aromatic rings. The Hall–Kier alpha value is -1.46. The molecule has 1 aliphatic heterocycles. The Bertz CT molecular complexity index is 485. The highest BCUT2D eigenvalue weighted by Gasteiger charge is 2.17. The average Bonchev–Trinajstić information content (AvgIpc) is 2.47. The van der Waals surface area contributed by atoms with Crippen LogP contribution in [0.2, 0.25) is 0 Å². The minimum Gasteiger partial charge on any atom is -0.490 e. The van der Waals surface area contributed by atoms with Crippen molar-refractivity contribution in [2.24, 2.45) is 0 Å². The Morgan fingerprint density at radius 2 is 2.10 bits per heavy atom. The number of carbonyl (C=O) groups is 1. The van der Waals surface area contributed by atoms with E-state index in [0.29, 0.717) is 24.3 Å². The molecule has 2 rings (SSSR count). The van der Waals surface area contributed by atoms with Gasteiger partial charge in [0.15, 0.2) is 5.78 Å². The molecule has 1 fully saturated rings. The summed E-state index contributed by atoms with van der Waals surface area (Å²) in [6, 6.07) is 4.13. The molecule has 4 nitrogen and oxygen atoms in total. The van der Waals surface area contributed by atoms with Gasteiger partial charge in [0, 0.05) is 39.1 Å². The normalized spacial score (nSPS) is 16.2. The Balaban J connectivity index is 2.01. The summed E-state index contributed by atoms with van der Waals surface area (Å²) < 4.78 is 19.0. The van der Waals surface area contributed by atoms with E-state index in [4.69, 9.17) is 4.74 Å². The van der Waals surface area contributed by atoms with E-state index >= 15 is 0 Å². The molecule has 1 aliphatic rings. The largest absolute Gasteiger partial charge is 0.490 e. The molecule has 0 atom stereocenters. The van der Waals surface area contributed by atoms with Crippen LogP contribution in [-0.2, 0) is 0 Å². The van der Waals surface area contributed by atoms with Crippen LogP contribution in [0, 0.1) is 5.82 Å². The van der Waals surface area contributed by atoms with Gasteiger partial charge in [-0.1, -0.05) is 0 Å². The van der Waals surface area contributed by atoms with Crippen molar-refractivity contribution in [1.82, 2.24) is 10.2 Å². The van der Waals surface area contributed by atoms with Gasteiger partial charge in [0.2, 0.25) is 0 Å². The summed E-state index contributed by atoms with van der Waals surface area (Å²) in [5.41, 5.74) is 0.346. The summed E-state index contributed by atoms with van der Waals surface area (Å²) in [4.78, 5) is 14.6. The van der Waals surface area contributed by atoms with Crippen molar-refractivity contribution in [3.05, 3.63) is 29.6 Å². The van der Waals surface area contributed by atoms with Gasteiger partial charge in [-0.3, -0.25) is 4.79 Å². The van der Waals surface area contributed by atoms with Gasteiger partial charge >= 0.3 is 0 Å². The predicted molar refractivity (Wildman–Crippen MR) is 80.4 cm³/mol. The fraction of sp³-hybridized carbons (Fsp3) is 0.562. The van der Waals surface area contributed by atoms with E-state index in [1.807, 2.05) is 13.8 Å². The molecule has 5 heteroatoms. The number of hydrogen-bond acceptors (Lipinski definition) is 4. The molecule has 1 N–H and O–H groups in total. The van der Waals surface area contributed by atoms with Crippen molar-refractivity contribution in [3.8, 4) is 5.75 Å². The second kappa shape index (κ2) is 7.52. The third kappa shape index (κ3) is 4.79. The minimum absolute atomic E-state index is 0.0461. The van der Waals surface area contributed by atoms with Gasteiger partial charge in [0.1, 0.15) is 11.6 Å². The van der Waals surface area contributed by atoms with Gasteiger partial charge < -0.3 is 15.0 Å². The fourth-order valence-corrected chi connectivity index (χ4v) is 2.41. The molecule has 0 radical (unpaired) electrons. The molecule has 0 bridgehead atoms. The van der Waals surface area contributed by atoms with Crippen molar-refractivity contribution >= 4 is 5.78 Å². The number of carbonyl (C=O) groups excluding carboxylic acids is 1. The second-order valence-electron chi connectivity index (χ2n) is 5.57. The minimum atomic E-state index is -0.406. The first kappa shape index (κ1) is 15.9. The topological polar surface area (TPSA) is 41.6 Å². The third-order valence-corrected chi connectivity index (χ3v) is 3.47. The van der Waals surface area contributed by atoms with E-state index in [2.05, 4.69) is 10.2 Å². The van der Waals surface area contributed by atoms with Gasteiger partial charge in [-0.15, -0.1) is 0 Å². The van der Waals surface area contributed by atoms with Crippen LogP contribution in [-0.4, -0.2) is 49.5 Å². The molecule has 0 aromatic heterocycles. The summed E-state index contributed by atoms with van der Waals surface area (Å²) in [6.45, 7) is 8.29. The monoisotopic (exact) mass is 294 g/mol. The van der Waals surface area contributed by atoms with Crippen LogP contribution in [0.5, 0.6) is 5.75 Å². The molecule has 0 unspecified atom stereocenters. The van der Waals surface area contributed by atoms with E-state index in [0.717, 1.165) is 26.2 Å². The molecule has 0 amide bonds. The molecule has 1 saturated heterocycles. The van der Waals surface area contributed by atoms with Gasteiger partial charge in [0.25, 0.3) is 0 Å². The molecular formula is C16H23FN2O2. The summed E-state index contributed by atoms with van der Waals surface area (Å²) in [6.07, 6.45) is 0.341. The molecule has 0 saturated carbocycles. The van der Waals surface area contributed by atoms with Crippen molar-refractivity contribution in [1.29, 1.82) is 0 Å². The molecule has 21 heavy (non-hydrogen) atoms. The maximum atomic E-state index is 13.4. The number of ether oxygens (including phenoxy) is 1. The van der Waals surface area contributed by atoms with Crippen molar-refractivity contribution in [3.63, 3.8) is 0 Å². The van der Waals surface area contributed by atoms with E-state index in [9.17, 15) is 9.18 Å². The highest BCUT2D eigenvalue weighted by Crippen LogP contribution is 2.22. The molecular weight excluding hydrogens is 271 g/mol. The number of piperazine rings is 1. The van der Waals surface area contributed by atoms with Crippen LogP contribution < -0.4 is 10.1 Å². The van der Waals surface area contributed by atoms with E-state index < -0.39 is 5.82 Å². The molecule has 0 spiro atoms. The lowest BCUT2D eigenvalue weighted by Gasteiger charge is -2.26. The number of benzene rings is 1. The summed E-state index contributed by atoms with van der Waals surface area (Å²) in [5, 5.41) is 3.28. The van der Waals surface area contributed by atoms with Gasteiger partial charge in [-0.05, 0) is 32.0 Å². The second-order valence-corrected chi connectivity index (χ2v) is 5.57. The Kier molecular flexibility index (Phi) is 5.70. The first-order valence-corrected chi connectivity index (χ1v) is 7.49. The van der Waals surface area contributed by atoms with Gasteiger partial charge in [0.05, 0.1) is 11.7 Å². The predicted octanol–water partition coefficient (Wildman–Crippen LogP) is 2.09. The smallest absolute Gasteiger partial charge is 0.167 e. The zero-order chi connectivity index (χ0) is 15.2. The highest BCUT2D eigenvalue weighted by molar-refractivity contribution is 5.98. The average molecular weight is 294 g/mol. The zero-order valence-electron chi connectivity index (χ0n) is 12.7. The van der Waals surface area contributed by atoms with Crippen LogP contribution in [0.15, 0.2) is 18.2 Å². The first-order chi connectivity index (χ1) is 10.1. The molecule has 116 valence electrons. The number of Topliss-reactive ketones (excluding diaryl/α,β-unsaturated/α-hetero) is 1.